The molecule has 1 aromatic heterocycles. The van der Waals surface area contributed by atoms with E-state index in [4.69, 9.17) is 4.74 Å². The Labute approximate surface area is 121 Å². The van der Waals surface area contributed by atoms with Gasteiger partial charge in [0.2, 0.25) is 10.0 Å². The highest BCUT2D eigenvalue weighted by Gasteiger charge is 2.34. The minimum atomic E-state index is -3.58. The maximum Gasteiger partial charge on any atom is 0.333 e. The highest BCUT2D eigenvalue weighted by Crippen LogP contribution is 2.27. The van der Waals surface area contributed by atoms with Gasteiger partial charge in [0.25, 0.3) is 0 Å². The summed E-state index contributed by atoms with van der Waals surface area (Å²) < 4.78 is 32.0. The molecule has 1 heterocycles. The van der Waals surface area contributed by atoms with Crippen LogP contribution in [0, 0.1) is 6.92 Å². The van der Waals surface area contributed by atoms with Gasteiger partial charge in [0.05, 0.1) is 12.8 Å². The molecule has 9 heteroatoms. The van der Waals surface area contributed by atoms with Gasteiger partial charge in [-0.2, -0.15) is 9.17 Å². The lowest BCUT2D eigenvalue weighted by molar-refractivity contribution is -0.150. The monoisotopic (exact) mass is 321 g/mol. The first-order chi connectivity index (χ1) is 9.08. The first-order valence-corrected chi connectivity index (χ1v) is 8.79. The largest absolute Gasteiger partial charge is 0.467 e. The highest BCUT2D eigenvalue weighted by atomic mass is 32.2. The lowest BCUT2D eigenvalue weighted by atomic mass is 10.1. The van der Waals surface area contributed by atoms with Crippen LogP contribution in [0.2, 0.25) is 0 Å². The van der Waals surface area contributed by atoms with Crippen LogP contribution in [0.5, 0.6) is 0 Å². The topological polar surface area (TPSA) is 81.5 Å². The number of carbonyl (C=O) groups is 1. The third-order valence-electron chi connectivity index (χ3n) is 3.06. The molecule has 0 fully saturated rings. The summed E-state index contributed by atoms with van der Waals surface area (Å²) in [5, 5.41) is 4.15. The molecule has 0 aliphatic heterocycles. The van der Waals surface area contributed by atoms with Gasteiger partial charge in [-0.15, -0.1) is 0 Å². The summed E-state index contributed by atoms with van der Waals surface area (Å²) >= 11 is 0. The fraction of sp³-hybridized carbons (Fsp3) is 0.636. The second kappa shape index (κ2) is 5.79. The van der Waals surface area contributed by atoms with Crippen LogP contribution in [0.3, 0.4) is 0 Å². The van der Waals surface area contributed by atoms with Crippen molar-refractivity contribution in [1.29, 1.82) is 0 Å². The van der Waals surface area contributed by atoms with Gasteiger partial charge in [0.15, 0.2) is 5.54 Å². The number of carbonyl (C=O) groups excluding carboxylic acids is 1. The van der Waals surface area contributed by atoms with E-state index in [1.807, 2.05) is 0 Å². The maximum absolute atomic E-state index is 12.3. The SMILES string of the molecule is COC(=O)C(C)(C)n1cc(S(=O)(=O)N(C)PC)c(C)n1. The number of ether oxygens (including phenoxy) is 1. The Hall–Kier alpha value is -0.980. The van der Waals surface area contributed by atoms with E-state index < -0.39 is 21.5 Å². The van der Waals surface area contributed by atoms with Crippen molar-refractivity contribution in [1.82, 2.24) is 13.9 Å². The molecule has 1 atom stereocenters. The third kappa shape index (κ3) is 2.87. The molecule has 1 aromatic rings. The van der Waals surface area contributed by atoms with E-state index in [2.05, 4.69) is 5.10 Å². The summed E-state index contributed by atoms with van der Waals surface area (Å²) in [6.45, 7) is 6.61. The molecule has 1 rings (SSSR count). The van der Waals surface area contributed by atoms with E-state index in [1.54, 1.807) is 27.4 Å². The molecule has 0 aliphatic rings. The van der Waals surface area contributed by atoms with Gasteiger partial charge in [-0.1, -0.05) is 0 Å². The van der Waals surface area contributed by atoms with Crippen LogP contribution < -0.4 is 0 Å². The zero-order chi connectivity index (χ0) is 15.7. The van der Waals surface area contributed by atoms with E-state index in [-0.39, 0.29) is 13.6 Å². The number of aryl methyl sites for hydroxylation is 1. The normalized spacial score (nSPS) is 13.3. The average Bonchev–Trinajstić information content (AvgIpc) is 2.79. The van der Waals surface area contributed by atoms with Crippen molar-refractivity contribution in [3.8, 4) is 0 Å². The molecule has 0 aliphatic carbocycles. The predicted octanol–water partition coefficient (Wildman–Crippen LogP) is 0.943. The second-order valence-corrected chi connectivity index (χ2v) is 8.15. The van der Waals surface area contributed by atoms with Gasteiger partial charge in [-0.05, 0) is 36.2 Å². The number of hydrogen-bond acceptors (Lipinski definition) is 5. The smallest absolute Gasteiger partial charge is 0.333 e. The number of sulfonamides is 1. The Kier molecular flexibility index (Phi) is 4.94. The van der Waals surface area contributed by atoms with Crippen LogP contribution in [0.25, 0.3) is 0 Å². The van der Waals surface area contributed by atoms with Crippen LogP contribution >= 0.6 is 8.73 Å². The van der Waals surface area contributed by atoms with E-state index in [1.165, 1.54) is 29.1 Å². The molecule has 20 heavy (non-hydrogen) atoms. The number of rotatable bonds is 5. The van der Waals surface area contributed by atoms with Crippen LogP contribution in [-0.2, 0) is 25.1 Å². The van der Waals surface area contributed by atoms with Crippen LogP contribution in [0.1, 0.15) is 19.5 Å². The summed E-state index contributed by atoms with van der Waals surface area (Å²) in [5.41, 5.74) is -0.715. The molecule has 0 saturated carbocycles. The quantitative estimate of drug-likeness (QED) is 0.595. The van der Waals surface area contributed by atoms with E-state index in [0.717, 1.165) is 0 Å². The average molecular weight is 321 g/mol. The molecule has 0 N–H and O–H groups in total. The molecule has 0 amide bonds. The van der Waals surface area contributed by atoms with Crippen molar-refractivity contribution >= 4 is 24.7 Å². The van der Waals surface area contributed by atoms with Crippen molar-refractivity contribution in [3.05, 3.63) is 11.9 Å². The zero-order valence-electron chi connectivity index (χ0n) is 12.5. The molecule has 7 nitrogen and oxygen atoms in total. The molecular formula is C11H20N3O4PS. The summed E-state index contributed by atoms with van der Waals surface area (Å²) in [6.07, 6.45) is 1.37. The summed E-state index contributed by atoms with van der Waals surface area (Å²) in [5.74, 6) is -0.491. The number of esters is 1. The van der Waals surface area contributed by atoms with Gasteiger partial charge in [0.1, 0.15) is 4.90 Å². The molecule has 1 unspecified atom stereocenters. The van der Waals surface area contributed by atoms with Crippen molar-refractivity contribution < 1.29 is 17.9 Å². The Morgan fingerprint density at radius 3 is 2.50 bits per heavy atom. The summed E-state index contributed by atoms with van der Waals surface area (Å²) in [6, 6.07) is 0. The fourth-order valence-electron chi connectivity index (χ4n) is 1.59. The standard InChI is InChI=1S/C11H20N3O4PS/c1-8-9(20(16,17)13(4)19-6)7-14(12-8)11(2,3)10(15)18-5/h7,19H,1-6H3. The first-order valence-electron chi connectivity index (χ1n) is 5.90. The fourth-order valence-corrected chi connectivity index (χ4v) is 3.79. The van der Waals surface area contributed by atoms with Crippen LogP contribution in [0.4, 0.5) is 0 Å². The Morgan fingerprint density at radius 1 is 1.50 bits per heavy atom. The van der Waals surface area contributed by atoms with E-state index in [9.17, 15) is 13.2 Å². The van der Waals surface area contributed by atoms with Crippen LogP contribution in [0.15, 0.2) is 11.1 Å². The van der Waals surface area contributed by atoms with Crippen molar-refractivity contribution in [3.63, 3.8) is 0 Å². The van der Waals surface area contributed by atoms with Crippen molar-refractivity contribution in [2.75, 3.05) is 20.8 Å². The zero-order valence-corrected chi connectivity index (χ0v) is 14.3. The summed E-state index contributed by atoms with van der Waals surface area (Å²) in [7, 11) is -0.677. The lowest BCUT2D eigenvalue weighted by Crippen LogP contribution is -2.37. The molecule has 0 spiro atoms. The maximum atomic E-state index is 12.3. The minimum Gasteiger partial charge on any atom is -0.467 e. The molecule has 0 aromatic carbocycles. The third-order valence-corrected chi connectivity index (χ3v) is 6.64. The van der Waals surface area contributed by atoms with Crippen LogP contribution in [-0.4, -0.2) is 49.1 Å². The molecule has 0 bridgehead atoms. The Bertz CT molecular complexity index is 609. The van der Waals surface area contributed by atoms with Gasteiger partial charge in [0, 0.05) is 13.2 Å². The van der Waals surface area contributed by atoms with E-state index in [0.29, 0.717) is 5.69 Å². The number of methoxy groups -OCH3 is 1. The van der Waals surface area contributed by atoms with Crippen molar-refractivity contribution in [2.45, 2.75) is 31.2 Å². The van der Waals surface area contributed by atoms with E-state index >= 15 is 0 Å². The highest BCUT2D eigenvalue weighted by molar-refractivity contribution is 7.92. The van der Waals surface area contributed by atoms with Gasteiger partial charge in [-0.25, -0.2) is 13.2 Å². The van der Waals surface area contributed by atoms with Gasteiger partial charge >= 0.3 is 5.97 Å². The lowest BCUT2D eigenvalue weighted by Gasteiger charge is -2.21. The molecule has 0 saturated heterocycles. The first kappa shape index (κ1) is 17.1. The number of hydrogen-bond donors (Lipinski definition) is 0. The molecule has 0 radical (unpaired) electrons. The Balaban J connectivity index is 3.35. The second-order valence-electron chi connectivity index (χ2n) is 4.77. The van der Waals surface area contributed by atoms with Gasteiger partial charge < -0.3 is 4.74 Å². The summed E-state index contributed by atoms with van der Waals surface area (Å²) in [4.78, 5) is 11.9. The Morgan fingerprint density at radius 2 is 2.05 bits per heavy atom. The predicted molar refractivity (Wildman–Crippen MR) is 77.5 cm³/mol. The molecule has 114 valence electrons. The number of aromatic nitrogens is 2. The molecular weight excluding hydrogens is 301 g/mol. The minimum absolute atomic E-state index is 0.103. The van der Waals surface area contributed by atoms with Gasteiger partial charge in [-0.3, -0.25) is 4.68 Å². The number of nitrogens with zero attached hydrogens (tertiary/aromatic N) is 3. The van der Waals surface area contributed by atoms with Crippen molar-refractivity contribution in [2.24, 2.45) is 0 Å².